The summed E-state index contributed by atoms with van der Waals surface area (Å²) in [6.45, 7) is 3.70. The van der Waals surface area contributed by atoms with Crippen molar-refractivity contribution in [3.63, 3.8) is 0 Å². The van der Waals surface area contributed by atoms with Crippen LogP contribution >= 0.6 is 0 Å². The van der Waals surface area contributed by atoms with Crippen LogP contribution in [0.4, 0.5) is 5.69 Å². The summed E-state index contributed by atoms with van der Waals surface area (Å²) in [6, 6.07) is 7.64. The Bertz CT molecular complexity index is 388. The van der Waals surface area contributed by atoms with Crippen LogP contribution in [0, 0.1) is 6.92 Å². The molecular weight excluding hydrogens is 217 g/mol. The van der Waals surface area contributed by atoms with Gasteiger partial charge in [-0.15, -0.1) is 0 Å². The molecule has 0 radical (unpaired) electrons. The number of amides is 1. The Morgan fingerprint density at radius 2 is 1.93 bits per heavy atom. The Morgan fingerprint density at radius 1 is 1.36 bits per heavy atom. The van der Waals surface area contributed by atoms with E-state index in [0.717, 1.165) is 5.69 Å². The first-order valence-electron chi connectivity index (χ1n) is 4.21. The number of carbonyl (C=O) groups is 1. The molecule has 73 valence electrons. The van der Waals surface area contributed by atoms with E-state index in [9.17, 15) is 4.79 Å². The van der Waals surface area contributed by atoms with Gasteiger partial charge >= 0.3 is 91.1 Å². The molecule has 0 fully saturated rings. The van der Waals surface area contributed by atoms with Crippen LogP contribution in [-0.4, -0.2) is 10.5 Å². The first-order valence-corrected chi connectivity index (χ1v) is 4.80. The zero-order chi connectivity index (χ0) is 10.6. The molecule has 1 amide bonds. The fourth-order valence-corrected chi connectivity index (χ4v) is 1.04. The molecule has 1 N–H and O–H groups in total. The van der Waals surface area contributed by atoms with Gasteiger partial charge in [-0.05, 0) is 0 Å². The molecule has 3 heteroatoms. The molecular formula is C11H11MnNO. The number of hydrogen-bond donors (Lipinski definition) is 1. The molecule has 2 nitrogen and oxygen atoms in total. The predicted molar refractivity (Wildman–Crippen MR) is 54.0 cm³/mol. The van der Waals surface area contributed by atoms with Crippen LogP contribution in [0.1, 0.15) is 12.5 Å². The van der Waals surface area contributed by atoms with Crippen molar-refractivity contribution in [3.05, 3.63) is 35.4 Å². The van der Waals surface area contributed by atoms with Gasteiger partial charge in [-0.3, -0.25) is 0 Å². The van der Waals surface area contributed by atoms with E-state index in [-0.39, 0.29) is 5.91 Å². The van der Waals surface area contributed by atoms with E-state index in [1.165, 1.54) is 5.56 Å². The fraction of sp³-hybridized carbons (Fsp3) is 0.182. The molecule has 0 atom stereocenters. The first-order chi connectivity index (χ1) is 6.63. The number of nitrogens with one attached hydrogen (secondary N) is 1. The van der Waals surface area contributed by atoms with Crippen molar-refractivity contribution in [1.82, 2.24) is 0 Å². The molecule has 0 aromatic heterocycles. The Hall–Kier alpha value is -1.14. The number of hydrogen-bond acceptors (Lipinski definition) is 1. The second-order valence-corrected chi connectivity index (χ2v) is 3.33. The predicted octanol–water partition coefficient (Wildman–Crippen LogP) is 1.83. The molecule has 1 aromatic rings. The monoisotopic (exact) mass is 228 g/mol. The summed E-state index contributed by atoms with van der Waals surface area (Å²) in [5, 5.41) is 2.75. The molecule has 0 aliphatic rings. The second-order valence-electron chi connectivity index (χ2n) is 3.04. The third-order valence-corrected chi connectivity index (χ3v) is 2.23. The van der Waals surface area contributed by atoms with Gasteiger partial charge in [-0.25, -0.2) is 0 Å². The van der Waals surface area contributed by atoms with Crippen LogP contribution in [0.2, 0.25) is 0 Å². The minimum absolute atomic E-state index is 0.147. The van der Waals surface area contributed by atoms with Gasteiger partial charge < -0.3 is 0 Å². The van der Waals surface area contributed by atoms with E-state index in [4.69, 9.17) is 0 Å². The van der Waals surface area contributed by atoms with Gasteiger partial charge in [0.2, 0.25) is 0 Å². The zero-order valence-corrected chi connectivity index (χ0v) is 9.28. The van der Waals surface area contributed by atoms with Crippen molar-refractivity contribution < 1.29 is 20.4 Å². The van der Waals surface area contributed by atoms with Gasteiger partial charge in [0, 0.05) is 0 Å². The second kappa shape index (κ2) is 4.92. The molecule has 1 aromatic carbocycles. The average Bonchev–Trinajstić information content (AvgIpc) is 2.20. The quantitative estimate of drug-likeness (QED) is 0.607. The summed E-state index contributed by atoms with van der Waals surface area (Å²) in [5.41, 5.74) is 2.48. The third kappa shape index (κ3) is 2.97. The maximum atomic E-state index is 11.4. The Kier molecular flexibility index (Phi) is 3.84. The van der Waals surface area contributed by atoms with Gasteiger partial charge in [-0.1, -0.05) is 0 Å². The molecule has 0 bridgehead atoms. The van der Waals surface area contributed by atoms with Crippen LogP contribution in [-0.2, 0) is 20.4 Å². The Morgan fingerprint density at radius 3 is 2.43 bits per heavy atom. The van der Waals surface area contributed by atoms with E-state index in [2.05, 4.69) is 25.5 Å². The van der Waals surface area contributed by atoms with Gasteiger partial charge in [-0.2, -0.15) is 0 Å². The van der Waals surface area contributed by atoms with Crippen molar-refractivity contribution in [3.8, 4) is 0 Å². The van der Waals surface area contributed by atoms with Crippen LogP contribution < -0.4 is 5.32 Å². The summed E-state index contributed by atoms with van der Waals surface area (Å²) in [5.74, 6) is -0.147. The molecule has 0 saturated carbocycles. The van der Waals surface area contributed by atoms with Crippen LogP contribution in [0.25, 0.3) is 0 Å². The Balaban J connectivity index is 2.75. The van der Waals surface area contributed by atoms with Crippen molar-refractivity contribution in [1.29, 1.82) is 0 Å². The summed E-state index contributed by atoms with van der Waals surface area (Å²) >= 11 is 2.99. The number of rotatable bonds is 2. The molecule has 14 heavy (non-hydrogen) atoms. The van der Waals surface area contributed by atoms with E-state index in [0.29, 0.717) is 5.57 Å². The van der Waals surface area contributed by atoms with E-state index in [1.54, 1.807) is 6.92 Å². The average molecular weight is 228 g/mol. The molecule has 0 aliphatic heterocycles. The number of aryl methyl sites for hydroxylation is 1. The third-order valence-electron chi connectivity index (χ3n) is 1.79. The van der Waals surface area contributed by atoms with Gasteiger partial charge in [0.1, 0.15) is 0 Å². The standard InChI is InChI=1S/C11H11NO.Mn/c1-8(2)11(13)12-10-6-4-9(3)5-7-10;/h4-7H,1,3H3,(H,12,13);. The summed E-state index contributed by atoms with van der Waals surface area (Å²) < 4.78 is 2.61. The number of carbonyl (C=O) groups excluding carboxylic acids is 1. The molecule has 0 aliphatic carbocycles. The van der Waals surface area contributed by atoms with E-state index in [1.807, 2.05) is 31.2 Å². The van der Waals surface area contributed by atoms with Crippen LogP contribution in [0.15, 0.2) is 29.8 Å². The van der Waals surface area contributed by atoms with Gasteiger partial charge in [0.05, 0.1) is 0 Å². The molecule has 0 spiro atoms. The van der Waals surface area contributed by atoms with E-state index >= 15 is 0 Å². The number of anilines is 1. The van der Waals surface area contributed by atoms with Crippen LogP contribution in [0.5, 0.6) is 0 Å². The topological polar surface area (TPSA) is 29.1 Å². The Labute approximate surface area is 91.4 Å². The summed E-state index contributed by atoms with van der Waals surface area (Å²) in [6.07, 6.45) is 0. The zero-order valence-electron chi connectivity index (χ0n) is 8.10. The van der Waals surface area contributed by atoms with E-state index < -0.39 is 0 Å². The molecule has 0 heterocycles. The maximum absolute atomic E-state index is 11.4. The minimum atomic E-state index is -0.147. The number of benzene rings is 1. The van der Waals surface area contributed by atoms with Crippen molar-refractivity contribution in [2.45, 2.75) is 13.8 Å². The fourth-order valence-electron chi connectivity index (χ4n) is 0.905. The SMILES string of the molecule is CC(=[C]=[Mn])C(=O)Nc1ccc(C)cc1. The molecule has 1 rings (SSSR count). The first kappa shape index (κ1) is 10.9. The van der Waals surface area contributed by atoms with Crippen molar-refractivity contribution in [2.75, 3.05) is 5.32 Å². The molecule has 0 unspecified atom stereocenters. The van der Waals surface area contributed by atoms with Crippen LogP contribution in [0.3, 0.4) is 0 Å². The van der Waals surface area contributed by atoms with Gasteiger partial charge in [0.15, 0.2) is 0 Å². The molecule has 0 saturated heterocycles. The summed E-state index contributed by atoms with van der Waals surface area (Å²) in [7, 11) is 0. The summed E-state index contributed by atoms with van der Waals surface area (Å²) in [4.78, 5) is 11.4. The van der Waals surface area contributed by atoms with Crippen molar-refractivity contribution in [2.24, 2.45) is 0 Å². The normalized spacial score (nSPS) is 9.00. The van der Waals surface area contributed by atoms with Gasteiger partial charge in [0.25, 0.3) is 0 Å². The van der Waals surface area contributed by atoms with Crippen molar-refractivity contribution >= 4 is 16.2 Å².